The lowest BCUT2D eigenvalue weighted by Crippen LogP contribution is -2.78. The van der Waals surface area contributed by atoms with Crippen molar-refractivity contribution in [3.8, 4) is 5.75 Å². The first kappa shape index (κ1) is 28.6. The number of aliphatic hydroxyl groups is 2. The zero-order valence-electron chi connectivity index (χ0n) is 23.4. The number of guanidine groups is 2. The van der Waals surface area contributed by atoms with Gasteiger partial charge in [-0.1, -0.05) is 26.0 Å². The monoisotopic (exact) mass is 598 g/mol. The number of nitrogens with one attached hydrogen (secondary N) is 3. The number of carbonyl (C=O) groups is 2. The number of amides is 2. The Hall–Kier alpha value is -4.50. The minimum atomic E-state index is -2.71. The van der Waals surface area contributed by atoms with E-state index in [1.807, 2.05) is 6.07 Å². The number of hydrogen-bond donors (Lipinski definition) is 7. The molecule has 0 bridgehead atoms. The fourth-order valence-electron chi connectivity index (χ4n) is 6.42. The Morgan fingerprint density at radius 3 is 2.58 bits per heavy atom. The summed E-state index contributed by atoms with van der Waals surface area (Å²) in [7, 11) is 0. The van der Waals surface area contributed by atoms with Crippen LogP contribution in [0.15, 0.2) is 46.4 Å². The molecule has 2 amide bonds. The first-order valence-corrected chi connectivity index (χ1v) is 13.7. The van der Waals surface area contributed by atoms with Crippen LogP contribution in [-0.2, 0) is 5.41 Å². The fourth-order valence-corrected chi connectivity index (χ4v) is 6.42. The number of rotatable bonds is 5. The summed E-state index contributed by atoms with van der Waals surface area (Å²) in [4.78, 5) is 36.3. The van der Waals surface area contributed by atoms with Gasteiger partial charge in [0.25, 0.3) is 11.8 Å². The van der Waals surface area contributed by atoms with Crippen molar-refractivity contribution in [3.05, 3.63) is 64.7 Å². The smallest absolute Gasteiger partial charge is 0.255 e. The number of para-hydroxylation sites is 1. The average molecular weight is 599 g/mol. The van der Waals surface area contributed by atoms with Crippen LogP contribution < -0.4 is 32.2 Å². The molecule has 1 saturated heterocycles. The molecule has 0 aliphatic carbocycles. The first-order chi connectivity index (χ1) is 20.2. The third-order valence-electron chi connectivity index (χ3n) is 8.67. The van der Waals surface area contributed by atoms with E-state index in [0.717, 1.165) is 24.1 Å². The van der Waals surface area contributed by atoms with Crippen LogP contribution in [0.3, 0.4) is 0 Å². The number of aliphatic imine (C=N–C) groups is 2. The number of hydrogen-bond acceptors (Lipinski definition) is 11. The second kappa shape index (κ2) is 9.77. The number of nitrogens with two attached hydrogens (primary N) is 2. The van der Waals surface area contributed by atoms with Crippen molar-refractivity contribution in [3.63, 3.8) is 0 Å². The van der Waals surface area contributed by atoms with Crippen molar-refractivity contribution in [1.29, 1.82) is 0 Å². The van der Waals surface area contributed by atoms with Crippen LogP contribution in [0, 0.1) is 11.6 Å². The largest absolute Gasteiger partial charge is 0.492 e. The van der Waals surface area contributed by atoms with Gasteiger partial charge < -0.3 is 47.3 Å². The van der Waals surface area contributed by atoms with Gasteiger partial charge in [0, 0.05) is 30.3 Å². The maximum atomic E-state index is 13.6. The second-order valence-corrected chi connectivity index (χ2v) is 11.8. The molecule has 228 valence electrons. The summed E-state index contributed by atoms with van der Waals surface area (Å²) in [5, 5.41) is 31.5. The van der Waals surface area contributed by atoms with Gasteiger partial charge in [-0.05, 0) is 30.0 Å². The van der Waals surface area contributed by atoms with E-state index in [1.54, 1.807) is 12.1 Å². The zero-order valence-corrected chi connectivity index (χ0v) is 23.4. The van der Waals surface area contributed by atoms with Crippen molar-refractivity contribution in [2.24, 2.45) is 21.5 Å². The van der Waals surface area contributed by atoms with Gasteiger partial charge in [0.05, 0.1) is 18.2 Å². The van der Waals surface area contributed by atoms with Gasteiger partial charge in [-0.25, -0.2) is 18.8 Å². The van der Waals surface area contributed by atoms with Crippen molar-refractivity contribution >= 4 is 23.7 Å². The molecule has 2 aromatic carbocycles. The summed E-state index contributed by atoms with van der Waals surface area (Å²) >= 11 is 0. The van der Waals surface area contributed by atoms with E-state index in [0.29, 0.717) is 18.4 Å². The van der Waals surface area contributed by atoms with Crippen molar-refractivity contribution in [1.82, 2.24) is 20.9 Å². The first-order valence-electron chi connectivity index (χ1n) is 13.7. The van der Waals surface area contributed by atoms with Crippen LogP contribution in [0.4, 0.5) is 8.78 Å². The van der Waals surface area contributed by atoms with Crippen LogP contribution >= 0.6 is 0 Å². The van der Waals surface area contributed by atoms with E-state index in [-0.39, 0.29) is 41.6 Å². The Balaban J connectivity index is 1.26. The molecule has 4 heterocycles. The number of ether oxygens (including phenoxy) is 1. The van der Waals surface area contributed by atoms with Crippen molar-refractivity contribution in [2.45, 2.75) is 55.3 Å². The minimum absolute atomic E-state index is 0.129. The van der Waals surface area contributed by atoms with E-state index in [4.69, 9.17) is 16.2 Å². The van der Waals surface area contributed by atoms with Gasteiger partial charge in [0.1, 0.15) is 29.5 Å². The lowest BCUT2D eigenvalue weighted by atomic mass is 9.79. The molecule has 15 heteroatoms. The Kier molecular flexibility index (Phi) is 6.50. The van der Waals surface area contributed by atoms with Crippen LogP contribution in [-0.4, -0.2) is 88.1 Å². The Morgan fingerprint density at radius 1 is 1.14 bits per heavy atom. The van der Waals surface area contributed by atoms with Gasteiger partial charge in [0.15, 0.2) is 17.6 Å². The summed E-state index contributed by atoms with van der Waals surface area (Å²) in [5.74, 6) is -5.77. The van der Waals surface area contributed by atoms with Crippen LogP contribution in [0.1, 0.15) is 46.5 Å². The highest BCUT2D eigenvalue weighted by Crippen LogP contribution is 2.45. The molecule has 0 radical (unpaired) electrons. The Labute approximate surface area is 245 Å². The summed E-state index contributed by atoms with van der Waals surface area (Å²) < 4.78 is 33.2. The molecule has 13 nitrogen and oxygen atoms in total. The zero-order chi connectivity index (χ0) is 30.9. The van der Waals surface area contributed by atoms with Crippen LogP contribution in [0.5, 0.6) is 5.75 Å². The molecule has 3 unspecified atom stereocenters. The van der Waals surface area contributed by atoms with E-state index < -0.39 is 53.0 Å². The van der Waals surface area contributed by atoms with E-state index in [9.17, 15) is 28.6 Å². The number of benzene rings is 2. The maximum Gasteiger partial charge on any atom is 0.255 e. The molecular weight excluding hydrogens is 566 g/mol. The molecule has 2 aromatic rings. The topological polar surface area (TPSA) is 200 Å². The average Bonchev–Trinajstić information content (AvgIpc) is 3.40. The summed E-state index contributed by atoms with van der Waals surface area (Å²) in [6.45, 7) is 4.13. The third-order valence-corrected chi connectivity index (χ3v) is 8.67. The number of halogens is 2. The second-order valence-electron chi connectivity index (χ2n) is 11.8. The Morgan fingerprint density at radius 2 is 1.86 bits per heavy atom. The Bertz CT molecular complexity index is 1560. The van der Waals surface area contributed by atoms with Gasteiger partial charge in [-0.15, -0.1) is 0 Å². The molecule has 1 spiro atoms. The van der Waals surface area contributed by atoms with E-state index >= 15 is 0 Å². The summed E-state index contributed by atoms with van der Waals surface area (Å²) in [6.07, 6.45) is 0.773. The molecule has 9 N–H and O–H groups in total. The van der Waals surface area contributed by atoms with Gasteiger partial charge in [-0.3, -0.25) is 9.59 Å². The highest BCUT2D eigenvalue weighted by Gasteiger charge is 2.73. The standard InChI is InChI=1S/C28H32F2N8O5/c1-26(2)6-7-43-20-16(4-3-5-17(20)26)23(40)35-19-12-38-25(32)34-18(21-27(38,28(19,41)42)37-24(31)36-21)11-33-22(39)13-8-14(29)10-15(30)9-13/h3-5,8-10,18-19,21,41-42H,6-7,11-12H2,1-2H3,(H2,32,34)(H,33,39)(H,35,40)(H3,31,36,37)/t18-,19?,21?,27?/m0/s1. The summed E-state index contributed by atoms with van der Waals surface area (Å²) in [6, 6.07) is 4.25. The minimum Gasteiger partial charge on any atom is -0.492 e. The number of fused-ring (bicyclic) bond motifs is 1. The molecular formula is C28H32F2N8O5. The molecule has 1 fully saturated rings. The number of carbonyl (C=O) groups excluding carboxylic acids is 2. The van der Waals surface area contributed by atoms with Crippen molar-refractivity contribution in [2.75, 3.05) is 19.7 Å². The normalized spacial score (nSPS) is 27.9. The molecule has 43 heavy (non-hydrogen) atoms. The van der Waals surface area contributed by atoms with Gasteiger partial charge in [0.2, 0.25) is 5.79 Å². The molecule has 0 aromatic heterocycles. The predicted octanol–water partition coefficient (Wildman–Crippen LogP) is -0.770. The van der Waals surface area contributed by atoms with Gasteiger partial charge in [-0.2, -0.15) is 0 Å². The lowest BCUT2D eigenvalue weighted by Gasteiger charge is -2.49. The van der Waals surface area contributed by atoms with Gasteiger partial charge >= 0.3 is 0 Å². The van der Waals surface area contributed by atoms with Crippen molar-refractivity contribution < 1.29 is 33.3 Å². The molecule has 4 atom stereocenters. The number of nitrogens with zero attached hydrogens (tertiary/aromatic N) is 3. The van der Waals surface area contributed by atoms with E-state index in [2.05, 4.69) is 39.8 Å². The predicted molar refractivity (Wildman–Crippen MR) is 150 cm³/mol. The fraction of sp³-hybridized carbons (Fsp3) is 0.429. The highest BCUT2D eigenvalue weighted by molar-refractivity contribution is 5.98. The molecule has 6 rings (SSSR count). The van der Waals surface area contributed by atoms with Crippen LogP contribution in [0.25, 0.3) is 0 Å². The SMILES string of the molecule is CC1(C)CCOc2c(C(=O)NC3CN4C(N)=N[C@@H](CNC(=O)c5cc(F)cc(F)c5)C5N=C(N)NC54C3(O)O)cccc21. The lowest BCUT2D eigenvalue weighted by molar-refractivity contribution is -0.230. The van der Waals surface area contributed by atoms with E-state index in [1.165, 1.54) is 4.90 Å². The maximum absolute atomic E-state index is 13.6. The molecule has 4 aliphatic rings. The third kappa shape index (κ3) is 4.41. The highest BCUT2D eigenvalue weighted by atomic mass is 19.1. The quantitative estimate of drug-likeness (QED) is 0.216. The molecule has 4 aliphatic heterocycles. The van der Waals surface area contributed by atoms with Crippen LogP contribution in [0.2, 0.25) is 0 Å². The molecule has 0 saturated carbocycles. The summed E-state index contributed by atoms with van der Waals surface area (Å²) in [5.41, 5.74) is 11.1.